The van der Waals surface area contributed by atoms with E-state index < -0.39 is 17.6 Å². The van der Waals surface area contributed by atoms with Crippen LogP contribution >= 0.6 is 11.8 Å². The third kappa shape index (κ3) is 6.35. The Morgan fingerprint density at radius 1 is 1.09 bits per heavy atom. The van der Waals surface area contributed by atoms with E-state index in [2.05, 4.69) is 27.3 Å². The lowest BCUT2D eigenvalue weighted by atomic mass is 10.1. The van der Waals surface area contributed by atoms with Crippen LogP contribution in [0.4, 0.5) is 18.9 Å². The molecule has 0 spiro atoms. The zero-order chi connectivity index (χ0) is 24.0. The minimum absolute atomic E-state index is 0.0306. The van der Waals surface area contributed by atoms with Crippen LogP contribution in [-0.2, 0) is 17.5 Å². The number of halogens is 3. The SMILES string of the molecule is CC[C@H](c1nnc(SCC(=O)Nc2ccccc2C(F)(F)F)n1Cc1ccccc1)N(C)C. The molecule has 10 heteroatoms. The number of nitrogens with zero attached hydrogens (tertiary/aromatic N) is 4. The Kier molecular flexibility index (Phi) is 8.15. The molecule has 33 heavy (non-hydrogen) atoms. The molecule has 0 aliphatic rings. The molecule has 6 nitrogen and oxygen atoms in total. The highest BCUT2D eigenvalue weighted by molar-refractivity contribution is 7.99. The standard InChI is InChI=1S/C23H26F3N5OS/c1-4-19(30(2)3)21-28-29-22(31(21)14-16-10-6-5-7-11-16)33-15-20(32)27-18-13-9-8-12-17(18)23(24,25)26/h5-13,19H,4,14-15H2,1-3H3,(H,27,32)/t19-/m1/s1. The van der Waals surface area contributed by atoms with Gasteiger partial charge < -0.3 is 9.88 Å². The lowest BCUT2D eigenvalue weighted by Crippen LogP contribution is -2.23. The van der Waals surface area contributed by atoms with Gasteiger partial charge in [-0.05, 0) is 38.2 Å². The predicted molar refractivity (Wildman–Crippen MR) is 123 cm³/mol. The normalized spacial score (nSPS) is 12.7. The van der Waals surface area contributed by atoms with E-state index >= 15 is 0 Å². The number of anilines is 1. The fraction of sp³-hybridized carbons (Fsp3) is 0.348. The van der Waals surface area contributed by atoms with Crippen molar-refractivity contribution < 1.29 is 18.0 Å². The van der Waals surface area contributed by atoms with Crippen molar-refractivity contribution >= 4 is 23.4 Å². The summed E-state index contributed by atoms with van der Waals surface area (Å²) in [5.74, 6) is 0.126. The second-order valence-corrected chi connectivity index (χ2v) is 8.62. The highest BCUT2D eigenvalue weighted by atomic mass is 32.2. The number of hydrogen-bond donors (Lipinski definition) is 1. The molecule has 2 aromatic carbocycles. The smallest absolute Gasteiger partial charge is 0.325 e. The summed E-state index contributed by atoms with van der Waals surface area (Å²) in [4.78, 5) is 14.5. The van der Waals surface area contributed by atoms with Gasteiger partial charge in [0.2, 0.25) is 5.91 Å². The van der Waals surface area contributed by atoms with Crippen LogP contribution in [0.15, 0.2) is 59.8 Å². The molecule has 3 rings (SSSR count). The van der Waals surface area contributed by atoms with Gasteiger partial charge in [-0.2, -0.15) is 13.2 Å². The van der Waals surface area contributed by atoms with E-state index in [1.807, 2.05) is 49.0 Å². The van der Waals surface area contributed by atoms with Gasteiger partial charge in [0.1, 0.15) is 0 Å². The Labute approximate surface area is 195 Å². The number of para-hydroxylation sites is 1. The largest absolute Gasteiger partial charge is 0.418 e. The van der Waals surface area contributed by atoms with Gasteiger partial charge in [0, 0.05) is 0 Å². The number of benzene rings is 2. The fourth-order valence-electron chi connectivity index (χ4n) is 3.50. The molecule has 0 unspecified atom stereocenters. The molecule has 1 heterocycles. The van der Waals surface area contributed by atoms with Crippen LogP contribution < -0.4 is 5.32 Å². The molecule has 0 saturated heterocycles. The van der Waals surface area contributed by atoms with Crippen molar-refractivity contribution in [2.75, 3.05) is 25.2 Å². The van der Waals surface area contributed by atoms with E-state index in [0.29, 0.717) is 11.7 Å². The van der Waals surface area contributed by atoms with Crippen LogP contribution in [0.5, 0.6) is 0 Å². The maximum absolute atomic E-state index is 13.2. The molecule has 3 aromatic rings. The lowest BCUT2D eigenvalue weighted by molar-refractivity contribution is -0.137. The van der Waals surface area contributed by atoms with Crippen molar-refractivity contribution in [1.29, 1.82) is 0 Å². The Balaban J connectivity index is 1.79. The van der Waals surface area contributed by atoms with Crippen molar-refractivity contribution in [1.82, 2.24) is 19.7 Å². The van der Waals surface area contributed by atoms with Gasteiger partial charge in [0.15, 0.2) is 11.0 Å². The van der Waals surface area contributed by atoms with E-state index in [0.717, 1.165) is 35.6 Å². The Hall–Kier alpha value is -2.85. The van der Waals surface area contributed by atoms with Crippen LogP contribution in [0.25, 0.3) is 0 Å². The molecule has 0 aliphatic heterocycles. The van der Waals surface area contributed by atoms with Crippen molar-refractivity contribution in [3.8, 4) is 0 Å². The summed E-state index contributed by atoms with van der Waals surface area (Å²) in [5.41, 5.74) is -0.0899. The van der Waals surface area contributed by atoms with Gasteiger partial charge in [-0.3, -0.25) is 9.69 Å². The van der Waals surface area contributed by atoms with E-state index in [4.69, 9.17) is 0 Å². The molecule has 1 aromatic heterocycles. The van der Waals surface area contributed by atoms with Crippen LogP contribution in [0.3, 0.4) is 0 Å². The summed E-state index contributed by atoms with van der Waals surface area (Å²) in [7, 11) is 3.93. The van der Waals surface area contributed by atoms with Crippen LogP contribution in [0.1, 0.15) is 36.3 Å². The second kappa shape index (κ2) is 10.8. The van der Waals surface area contributed by atoms with E-state index in [1.165, 1.54) is 18.2 Å². The number of carbonyl (C=O) groups is 1. The molecule has 1 atom stereocenters. The van der Waals surface area contributed by atoms with Crippen molar-refractivity contribution in [3.63, 3.8) is 0 Å². The molecule has 0 fully saturated rings. The van der Waals surface area contributed by atoms with Gasteiger partial charge in [-0.15, -0.1) is 10.2 Å². The predicted octanol–water partition coefficient (Wildman–Crippen LogP) is 5.09. The summed E-state index contributed by atoms with van der Waals surface area (Å²) < 4.78 is 41.6. The first kappa shape index (κ1) is 24.8. The van der Waals surface area contributed by atoms with Crippen molar-refractivity contribution in [3.05, 3.63) is 71.5 Å². The van der Waals surface area contributed by atoms with Gasteiger partial charge in [0.25, 0.3) is 0 Å². The Bertz CT molecular complexity index is 1070. The maximum atomic E-state index is 13.2. The van der Waals surface area contributed by atoms with Crippen molar-refractivity contribution in [2.24, 2.45) is 0 Å². The molecule has 0 aliphatic carbocycles. The minimum Gasteiger partial charge on any atom is -0.325 e. The Morgan fingerprint density at radius 3 is 2.39 bits per heavy atom. The lowest BCUT2D eigenvalue weighted by Gasteiger charge is -2.23. The van der Waals surface area contributed by atoms with Gasteiger partial charge in [-0.25, -0.2) is 0 Å². The highest BCUT2D eigenvalue weighted by Crippen LogP contribution is 2.34. The summed E-state index contributed by atoms with van der Waals surface area (Å²) >= 11 is 1.14. The van der Waals surface area contributed by atoms with Gasteiger partial charge in [0.05, 0.1) is 29.6 Å². The number of aromatic nitrogens is 3. The number of alkyl halides is 3. The molecule has 1 amide bonds. The number of rotatable bonds is 9. The number of nitrogens with one attached hydrogen (secondary N) is 1. The van der Waals surface area contributed by atoms with Gasteiger partial charge >= 0.3 is 6.18 Å². The van der Waals surface area contributed by atoms with Gasteiger partial charge in [-0.1, -0.05) is 61.2 Å². The van der Waals surface area contributed by atoms with E-state index in [1.54, 1.807) is 0 Å². The van der Waals surface area contributed by atoms with Crippen LogP contribution in [-0.4, -0.2) is 45.4 Å². The maximum Gasteiger partial charge on any atom is 0.418 e. The van der Waals surface area contributed by atoms with E-state index in [-0.39, 0.29) is 17.5 Å². The first-order chi connectivity index (χ1) is 15.7. The molecule has 0 saturated carbocycles. The molecule has 0 radical (unpaired) electrons. The number of amides is 1. The third-order valence-corrected chi connectivity index (χ3v) is 6.04. The monoisotopic (exact) mass is 477 g/mol. The average molecular weight is 478 g/mol. The zero-order valence-corrected chi connectivity index (χ0v) is 19.5. The fourth-order valence-corrected chi connectivity index (χ4v) is 4.25. The van der Waals surface area contributed by atoms with Crippen molar-refractivity contribution in [2.45, 2.75) is 37.3 Å². The highest BCUT2D eigenvalue weighted by Gasteiger charge is 2.33. The Morgan fingerprint density at radius 2 is 1.76 bits per heavy atom. The quantitative estimate of drug-likeness (QED) is 0.435. The van der Waals surface area contributed by atoms with Crippen LogP contribution in [0, 0.1) is 0 Å². The molecule has 176 valence electrons. The number of carbonyl (C=O) groups excluding carboxylic acids is 1. The van der Waals surface area contributed by atoms with Crippen LogP contribution in [0.2, 0.25) is 0 Å². The molecular weight excluding hydrogens is 451 g/mol. The summed E-state index contributed by atoms with van der Waals surface area (Å²) in [6.07, 6.45) is -3.73. The first-order valence-electron chi connectivity index (χ1n) is 10.4. The average Bonchev–Trinajstić information content (AvgIpc) is 3.15. The number of thioether (sulfide) groups is 1. The first-order valence-corrected chi connectivity index (χ1v) is 11.4. The summed E-state index contributed by atoms with van der Waals surface area (Å²) in [5, 5.41) is 11.6. The molecule has 0 bridgehead atoms. The zero-order valence-electron chi connectivity index (χ0n) is 18.6. The summed E-state index contributed by atoms with van der Waals surface area (Å²) in [6.45, 7) is 2.58. The minimum atomic E-state index is -4.55. The second-order valence-electron chi connectivity index (χ2n) is 7.68. The topological polar surface area (TPSA) is 63.1 Å². The summed E-state index contributed by atoms with van der Waals surface area (Å²) in [6, 6.07) is 14.8. The molecular formula is C23H26F3N5OS. The third-order valence-electron chi connectivity index (χ3n) is 5.08. The molecule has 1 N–H and O–H groups in total. The number of hydrogen-bond acceptors (Lipinski definition) is 5. The van der Waals surface area contributed by atoms with E-state index in [9.17, 15) is 18.0 Å².